The predicted octanol–water partition coefficient (Wildman–Crippen LogP) is 2.60. The Hall–Kier alpha value is -1.37. The minimum Gasteiger partial charge on any atom is -0.371 e. The molecule has 1 aromatic carbocycles. The maximum Gasteiger partial charge on any atom is 0.187 e. The van der Waals surface area contributed by atoms with E-state index in [1.165, 1.54) is 18.4 Å². The summed E-state index contributed by atoms with van der Waals surface area (Å²) in [6.07, 6.45) is 3.00. The third kappa shape index (κ3) is 2.33. The first kappa shape index (κ1) is 10.8. The maximum atomic E-state index is 7.03. The highest BCUT2D eigenvalue weighted by atomic mass is 16.6. The van der Waals surface area contributed by atoms with Gasteiger partial charge in [-0.05, 0) is 24.9 Å². The first-order valence-electron chi connectivity index (χ1n) is 6.19. The molecule has 0 aromatic heterocycles. The van der Waals surface area contributed by atoms with Gasteiger partial charge in [0.25, 0.3) is 0 Å². The first-order valence-corrected chi connectivity index (χ1v) is 6.19. The SMILES string of the molecule is [C-]#[N+]c1cccc(CN2CCCC2C2CO2)c1. The smallest absolute Gasteiger partial charge is 0.187 e. The second-order valence-corrected chi connectivity index (χ2v) is 4.83. The van der Waals surface area contributed by atoms with Gasteiger partial charge in [0, 0.05) is 12.6 Å². The van der Waals surface area contributed by atoms with Crippen molar-refractivity contribution in [1.29, 1.82) is 0 Å². The molecule has 0 radical (unpaired) electrons. The Morgan fingerprint density at radius 3 is 3.12 bits per heavy atom. The van der Waals surface area contributed by atoms with Gasteiger partial charge < -0.3 is 4.74 Å². The Morgan fingerprint density at radius 1 is 1.47 bits per heavy atom. The lowest BCUT2D eigenvalue weighted by Gasteiger charge is -2.23. The van der Waals surface area contributed by atoms with E-state index in [0.717, 1.165) is 25.4 Å². The third-order valence-electron chi connectivity index (χ3n) is 3.63. The van der Waals surface area contributed by atoms with Crippen molar-refractivity contribution >= 4 is 5.69 Å². The van der Waals surface area contributed by atoms with Crippen LogP contribution in [0.5, 0.6) is 0 Å². The number of hydrogen-bond acceptors (Lipinski definition) is 2. The zero-order valence-electron chi connectivity index (χ0n) is 9.80. The van der Waals surface area contributed by atoms with Gasteiger partial charge in [0.2, 0.25) is 0 Å². The van der Waals surface area contributed by atoms with E-state index in [-0.39, 0.29) is 0 Å². The van der Waals surface area contributed by atoms with Crippen LogP contribution in [0.2, 0.25) is 0 Å². The van der Waals surface area contributed by atoms with Crippen LogP contribution in [0, 0.1) is 6.57 Å². The lowest BCUT2D eigenvalue weighted by molar-refractivity contribution is 0.201. The van der Waals surface area contributed by atoms with E-state index in [2.05, 4.69) is 15.8 Å². The molecule has 2 aliphatic heterocycles. The summed E-state index contributed by atoms with van der Waals surface area (Å²) in [5, 5.41) is 0. The van der Waals surface area contributed by atoms with Crippen LogP contribution in [-0.4, -0.2) is 30.2 Å². The molecule has 3 rings (SSSR count). The maximum absolute atomic E-state index is 7.03. The molecule has 2 heterocycles. The van der Waals surface area contributed by atoms with Gasteiger partial charge in [-0.2, -0.15) is 0 Å². The van der Waals surface area contributed by atoms with E-state index in [1.54, 1.807) is 0 Å². The van der Waals surface area contributed by atoms with Crippen LogP contribution in [0.1, 0.15) is 18.4 Å². The van der Waals surface area contributed by atoms with Gasteiger partial charge in [-0.1, -0.05) is 24.3 Å². The Bertz CT molecular complexity index is 448. The predicted molar refractivity (Wildman–Crippen MR) is 65.9 cm³/mol. The summed E-state index contributed by atoms with van der Waals surface area (Å²) in [6.45, 7) is 10.1. The highest BCUT2D eigenvalue weighted by Gasteiger charge is 2.39. The topological polar surface area (TPSA) is 20.1 Å². The van der Waals surface area contributed by atoms with Crippen LogP contribution in [0.3, 0.4) is 0 Å². The first-order chi connectivity index (χ1) is 8.36. The molecule has 2 unspecified atom stereocenters. The Kier molecular flexibility index (Phi) is 2.84. The van der Waals surface area contributed by atoms with Crippen molar-refractivity contribution in [3.8, 4) is 0 Å². The lowest BCUT2D eigenvalue weighted by atomic mass is 10.1. The van der Waals surface area contributed by atoms with Crippen molar-refractivity contribution in [1.82, 2.24) is 4.90 Å². The van der Waals surface area contributed by atoms with Gasteiger partial charge in [0.15, 0.2) is 5.69 Å². The number of rotatable bonds is 3. The van der Waals surface area contributed by atoms with Gasteiger partial charge in [-0.15, -0.1) is 0 Å². The minimum atomic E-state index is 0.474. The molecule has 3 nitrogen and oxygen atoms in total. The van der Waals surface area contributed by atoms with Gasteiger partial charge in [0.05, 0.1) is 19.3 Å². The summed E-state index contributed by atoms with van der Waals surface area (Å²) in [6, 6.07) is 8.55. The summed E-state index contributed by atoms with van der Waals surface area (Å²) >= 11 is 0. The van der Waals surface area contributed by atoms with Gasteiger partial charge in [0.1, 0.15) is 0 Å². The Balaban J connectivity index is 1.71. The lowest BCUT2D eigenvalue weighted by Crippen LogP contribution is -2.33. The fraction of sp³-hybridized carbons (Fsp3) is 0.500. The molecule has 2 saturated heterocycles. The Morgan fingerprint density at radius 2 is 2.35 bits per heavy atom. The van der Waals surface area contributed by atoms with E-state index in [4.69, 9.17) is 11.3 Å². The number of hydrogen-bond donors (Lipinski definition) is 0. The van der Waals surface area contributed by atoms with Crippen molar-refractivity contribution in [2.24, 2.45) is 0 Å². The van der Waals surface area contributed by atoms with Gasteiger partial charge in [-0.25, -0.2) is 4.85 Å². The van der Waals surface area contributed by atoms with Crippen LogP contribution in [0.25, 0.3) is 4.85 Å². The van der Waals surface area contributed by atoms with E-state index < -0.39 is 0 Å². The number of benzene rings is 1. The molecule has 0 N–H and O–H groups in total. The molecular weight excluding hydrogens is 212 g/mol. The molecule has 0 aliphatic carbocycles. The molecule has 2 aliphatic rings. The molecule has 1 aromatic rings. The zero-order chi connectivity index (χ0) is 11.7. The van der Waals surface area contributed by atoms with Crippen molar-refractivity contribution in [3.05, 3.63) is 41.2 Å². The van der Waals surface area contributed by atoms with E-state index in [0.29, 0.717) is 12.1 Å². The zero-order valence-corrected chi connectivity index (χ0v) is 9.80. The molecule has 2 atom stereocenters. The highest BCUT2D eigenvalue weighted by Crippen LogP contribution is 2.30. The van der Waals surface area contributed by atoms with Crippen LogP contribution in [0.15, 0.2) is 24.3 Å². The van der Waals surface area contributed by atoms with Gasteiger partial charge >= 0.3 is 0 Å². The fourth-order valence-corrected chi connectivity index (χ4v) is 2.71. The molecule has 0 spiro atoms. The third-order valence-corrected chi connectivity index (χ3v) is 3.63. The molecule has 3 heteroatoms. The normalized spacial score (nSPS) is 27.9. The van der Waals surface area contributed by atoms with Crippen molar-refractivity contribution in [2.75, 3.05) is 13.2 Å². The molecule has 17 heavy (non-hydrogen) atoms. The average molecular weight is 228 g/mol. The van der Waals surface area contributed by atoms with E-state index >= 15 is 0 Å². The highest BCUT2D eigenvalue weighted by molar-refractivity contribution is 5.46. The van der Waals surface area contributed by atoms with Crippen LogP contribution >= 0.6 is 0 Å². The molecular formula is C14H16N2O. The number of nitrogens with zero attached hydrogens (tertiary/aromatic N) is 2. The van der Waals surface area contributed by atoms with Crippen LogP contribution in [0.4, 0.5) is 5.69 Å². The standard InChI is InChI=1S/C14H16N2O/c1-15-12-5-2-4-11(8-12)9-16-7-3-6-13(16)14-10-17-14/h2,4-5,8,13-14H,3,6-7,9-10H2. The fourth-order valence-electron chi connectivity index (χ4n) is 2.71. The average Bonchev–Trinajstić information content (AvgIpc) is 3.11. The van der Waals surface area contributed by atoms with E-state index in [9.17, 15) is 0 Å². The summed E-state index contributed by atoms with van der Waals surface area (Å²) in [5.74, 6) is 0. The van der Waals surface area contributed by atoms with Crippen molar-refractivity contribution in [3.63, 3.8) is 0 Å². The van der Waals surface area contributed by atoms with Crippen LogP contribution in [-0.2, 0) is 11.3 Å². The van der Waals surface area contributed by atoms with Crippen molar-refractivity contribution in [2.45, 2.75) is 31.5 Å². The molecule has 2 fully saturated rings. The number of epoxide rings is 1. The molecule has 88 valence electrons. The van der Waals surface area contributed by atoms with Crippen molar-refractivity contribution < 1.29 is 4.74 Å². The minimum absolute atomic E-state index is 0.474. The second-order valence-electron chi connectivity index (χ2n) is 4.83. The second kappa shape index (κ2) is 4.48. The molecule has 0 amide bonds. The number of ether oxygens (including phenoxy) is 1. The summed E-state index contributed by atoms with van der Waals surface area (Å²) < 4.78 is 5.42. The van der Waals surface area contributed by atoms with Gasteiger partial charge in [-0.3, -0.25) is 4.90 Å². The summed E-state index contributed by atoms with van der Waals surface area (Å²) in [4.78, 5) is 5.98. The summed E-state index contributed by atoms with van der Waals surface area (Å²) in [7, 11) is 0. The van der Waals surface area contributed by atoms with E-state index in [1.807, 2.05) is 18.2 Å². The quantitative estimate of drug-likeness (QED) is 0.585. The molecule has 0 bridgehead atoms. The monoisotopic (exact) mass is 228 g/mol. The van der Waals surface area contributed by atoms with Crippen LogP contribution < -0.4 is 0 Å². The largest absolute Gasteiger partial charge is 0.371 e. The number of likely N-dealkylation sites (tertiary alicyclic amines) is 1. The summed E-state index contributed by atoms with van der Waals surface area (Å²) in [5.41, 5.74) is 1.98. The molecule has 0 saturated carbocycles. The Labute approximate surface area is 102 Å².